The van der Waals surface area contributed by atoms with Crippen molar-refractivity contribution < 1.29 is 9.72 Å². The van der Waals surface area contributed by atoms with E-state index in [0.29, 0.717) is 12.2 Å². The number of anilines is 1. The van der Waals surface area contributed by atoms with E-state index in [1.165, 1.54) is 23.1 Å². The van der Waals surface area contributed by atoms with Crippen LogP contribution in [0.1, 0.15) is 5.56 Å². The molecule has 0 fully saturated rings. The van der Waals surface area contributed by atoms with Crippen molar-refractivity contribution in [2.75, 3.05) is 12.4 Å². The second-order valence-corrected chi connectivity index (χ2v) is 4.20. The lowest BCUT2D eigenvalue weighted by Gasteiger charge is -2.16. The lowest BCUT2D eigenvalue weighted by atomic mass is 10.3. The molecule has 1 heterocycles. The van der Waals surface area contributed by atoms with E-state index < -0.39 is 4.92 Å². The van der Waals surface area contributed by atoms with Gasteiger partial charge in [-0.1, -0.05) is 6.07 Å². The summed E-state index contributed by atoms with van der Waals surface area (Å²) in [6, 6.07) is 5.43. The molecule has 0 bridgehead atoms. The van der Waals surface area contributed by atoms with Gasteiger partial charge in [-0.2, -0.15) is 5.10 Å². The van der Waals surface area contributed by atoms with Crippen LogP contribution in [0, 0.1) is 10.1 Å². The quantitative estimate of drug-likeness (QED) is 0.657. The SMILES string of the molecule is CN(Cc1cn[nH]c1)C(=O)Nc1cccc([N+](=O)[O-])c1. The minimum atomic E-state index is -0.509. The number of hydrogen-bond donors (Lipinski definition) is 2. The predicted molar refractivity (Wildman–Crippen MR) is 72.2 cm³/mol. The molecule has 0 saturated heterocycles. The number of amides is 2. The summed E-state index contributed by atoms with van der Waals surface area (Å²) in [4.78, 5) is 23.5. The number of benzene rings is 1. The number of rotatable bonds is 4. The van der Waals surface area contributed by atoms with Gasteiger partial charge in [-0.3, -0.25) is 15.2 Å². The van der Waals surface area contributed by atoms with Crippen molar-refractivity contribution in [2.45, 2.75) is 6.54 Å². The maximum atomic E-state index is 11.9. The molecule has 0 aliphatic carbocycles. The molecule has 2 aromatic rings. The molecule has 2 N–H and O–H groups in total. The highest BCUT2D eigenvalue weighted by Crippen LogP contribution is 2.17. The third-order valence-corrected chi connectivity index (χ3v) is 2.63. The van der Waals surface area contributed by atoms with Crippen molar-refractivity contribution in [2.24, 2.45) is 0 Å². The third kappa shape index (κ3) is 3.31. The number of urea groups is 1. The van der Waals surface area contributed by atoms with Crippen LogP contribution in [-0.2, 0) is 6.54 Å². The van der Waals surface area contributed by atoms with Crippen molar-refractivity contribution >= 4 is 17.4 Å². The number of aromatic nitrogens is 2. The number of nitrogens with zero attached hydrogens (tertiary/aromatic N) is 3. The Balaban J connectivity index is 2.00. The van der Waals surface area contributed by atoms with Gasteiger partial charge in [-0.15, -0.1) is 0 Å². The monoisotopic (exact) mass is 275 g/mol. The molecule has 104 valence electrons. The van der Waals surface area contributed by atoms with E-state index >= 15 is 0 Å². The summed E-state index contributed by atoms with van der Waals surface area (Å²) in [5, 5.41) is 19.7. The molecule has 8 heteroatoms. The average Bonchev–Trinajstić information content (AvgIpc) is 2.91. The molecule has 2 rings (SSSR count). The molecule has 0 unspecified atom stereocenters. The fraction of sp³-hybridized carbons (Fsp3) is 0.167. The zero-order chi connectivity index (χ0) is 14.5. The number of aromatic amines is 1. The maximum absolute atomic E-state index is 11.9. The molecular formula is C12H13N5O3. The van der Waals surface area contributed by atoms with E-state index in [9.17, 15) is 14.9 Å². The topological polar surface area (TPSA) is 104 Å². The van der Waals surface area contributed by atoms with Crippen molar-refractivity contribution in [3.8, 4) is 0 Å². The molecule has 0 spiro atoms. The Morgan fingerprint density at radius 2 is 2.35 bits per heavy atom. The van der Waals surface area contributed by atoms with E-state index in [1.807, 2.05) is 0 Å². The number of non-ortho nitro benzene ring substituents is 1. The Bertz CT molecular complexity index is 611. The van der Waals surface area contributed by atoms with Crippen LogP contribution in [-0.4, -0.2) is 33.1 Å². The fourth-order valence-electron chi connectivity index (χ4n) is 1.63. The minimum absolute atomic E-state index is 0.0692. The second kappa shape index (κ2) is 5.83. The van der Waals surface area contributed by atoms with E-state index in [2.05, 4.69) is 15.5 Å². The minimum Gasteiger partial charge on any atom is -0.323 e. The molecule has 0 aliphatic rings. The van der Waals surface area contributed by atoms with Crippen LogP contribution in [0.5, 0.6) is 0 Å². The molecule has 0 aliphatic heterocycles. The maximum Gasteiger partial charge on any atom is 0.321 e. The number of nitro groups is 1. The Labute approximate surface area is 114 Å². The highest BCUT2D eigenvalue weighted by atomic mass is 16.6. The first-order valence-corrected chi connectivity index (χ1v) is 5.80. The van der Waals surface area contributed by atoms with Gasteiger partial charge in [0.25, 0.3) is 5.69 Å². The van der Waals surface area contributed by atoms with Crippen molar-refractivity contribution in [1.29, 1.82) is 0 Å². The number of nitrogens with one attached hydrogen (secondary N) is 2. The molecule has 2 amide bonds. The zero-order valence-electron chi connectivity index (χ0n) is 10.7. The number of carbonyl (C=O) groups is 1. The van der Waals surface area contributed by atoms with E-state index in [4.69, 9.17) is 0 Å². The zero-order valence-corrected chi connectivity index (χ0v) is 10.7. The number of carbonyl (C=O) groups excluding carboxylic acids is 1. The summed E-state index contributed by atoms with van der Waals surface area (Å²) in [5.74, 6) is 0. The Hall–Kier alpha value is -2.90. The number of hydrogen-bond acceptors (Lipinski definition) is 4. The van der Waals surface area contributed by atoms with Gasteiger partial charge in [0, 0.05) is 36.6 Å². The summed E-state index contributed by atoms with van der Waals surface area (Å²) in [7, 11) is 1.62. The normalized spacial score (nSPS) is 10.1. The van der Waals surface area contributed by atoms with Crippen LogP contribution in [0.4, 0.5) is 16.2 Å². The Morgan fingerprint density at radius 1 is 1.55 bits per heavy atom. The molecule has 0 radical (unpaired) electrons. The van der Waals surface area contributed by atoms with E-state index in [0.717, 1.165) is 5.56 Å². The summed E-state index contributed by atoms with van der Waals surface area (Å²) >= 11 is 0. The van der Waals surface area contributed by atoms with Crippen LogP contribution < -0.4 is 5.32 Å². The summed E-state index contributed by atoms with van der Waals surface area (Å²) < 4.78 is 0. The highest BCUT2D eigenvalue weighted by Gasteiger charge is 2.12. The Morgan fingerprint density at radius 3 is 3.00 bits per heavy atom. The molecular weight excluding hydrogens is 262 g/mol. The molecule has 0 atom stereocenters. The van der Waals surface area contributed by atoms with Gasteiger partial charge >= 0.3 is 6.03 Å². The van der Waals surface area contributed by atoms with Gasteiger partial charge in [0.2, 0.25) is 0 Å². The first-order valence-electron chi connectivity index (χ1n) is 5.80. The van der Waals surface area contributed by atoms with Crippen molar-refractivity contribution in [1.82, 2.24) is 15.1 Å². The second-order valence-electron chi connectivity index (χ2n) is 4.20. The smallest absolute Gasteiger partial charge is 0.321 e. The van der Waals surface area contributed by atoms with Crippen LogP contribution in [0.2, 0.25) is 0 Å². The summed E-state index contributed by atoms with van der Waals surface area (Å²) in [5.41, 5.74) is 1.17. The lowest BCUT2D eigenvalue weighted by Crippen LogP contribution is -2.30. The average molecular weight is 275 g/mol. The molecule has 0 saturated carbocycles. The van der Waals surface area contributed by atoms with Gasteiger partial charge in [0.1, 0.15) is 0 Å². The van der Waals surface area contributed by atoms with Crippen LogP contribution in [0.25, 0.3) is 0 Å². The van der Waals surface area contributed by atoms with Crippen LogP contribution in [0.15, 0.2) is 36.7 Å². The van der Waals surface area contributed by atoms with E-state index in [-0.39, 0.29) is 11.7 Å². The van der Waals surface area contributed by atoms with Gasteiger partial charge in [-0.25, -0.2) is 4.79 Å². The van der Waals surface area contributed by atoms with Gasteiger partial charge in [0.15, 0.2) is 0 Å². The van der Waals surface area contributed by atoms with E-state index in [1.54, 1.807) is 25.5 Å². The van der Waals surface area contributed by atoms with Crippen LogP contribution >= 0.6 is 0 Å². The number of nitro benzene ring substituents is 1. The molecule has 8 nitrogen and oxygen atoms in total. The third-order valence-electron chi connectivity index (χ3n) is 2.63. The first-order chi connectivity index (χ1) is 9.56. The standard InChI is InChI=1S/C12H13N5O3/c1-16(8-9-6-13-14-7-9)12(18)15-10-3-2-4-11(5-10)17(19)20/h2-7H,8H2,1H3,(H,13,14)(H,15,18). The summed E-state index contributed by atoms with van der Waals surface area (Å²) in [6.45, 7) is 0.386. The largest absolute Gasteiger partial charge is 0.323 e. The Kier molecular flexibility index (Phi) is 3.94. The highest BCUT2D eigenvalue weighted by molar-refractivity contribution is 5.89. The molecule has 20 heavy (non-hydrogen) atoms. The summed E-state index contributed by atoms with van der Waals surface area (Å²) in [6.07, 6.45) is 3.31. The van der Waals surface area contributed by atoms with Crippen molar-refractivity contribution in [3.05, 3.63) is 52.3 Å². The van der Waals surface area contributed by atoms with Crippen molar-refractivity contribution in [3.63, 3.8) is 0 Å². The predicted octanol–water partition coefficient (Wildman–Crippen LogP) is 1.98. The lowest BCUT2D eigenvalue weighted by molar-refractivity contribution is -0.384. The van der Waals surface area contributed by atoms with Gasteiger partial charge < -0.3 is 10.2 Å². The molecule has 1 aromatic heterocycles. The number of H-pyrrole nitrogens is 1. The van der Waals surface area contributed by atoms with Crippen LogP contribution in [0.3, 0.4) is 0 Å². The van der Waals surface area contributed by atoms with Gasteiger partial charge in [-0.05, 0) is 6.07 Å². The fourth-order valence-corrected chi connectivity index (χ4v) is 1.63. The molecule has 1 aromatic carbocycles. The first kappa shape index (κ1) is 13.5. The van der Waals surface area contributed by atoms with Gasteiger partial charge in [0.05, 0.1) is 17.7 Å².